The summed E-state index contributed by atoms with van der Waals surface area (Å²) in [6.07, 6.45) is 6.31. The van der Waals surface area contributed by atoms with E-state index in [9.17, 15) is 0 Å². The molecular formula is C17H26N2. The first-order valence-corrected chi connectivity index (χ1v) is 7.50. The highest BCUT2D eigenvalue weighted by molar-refractivity contribution is 5.52. The first-order chi connectivity index (χ1) is 9.34. The molecule has 1 aromatic rings. The van der Waals surface area contributed by atoms with Crippen molar-refractivity contribution < 1.29 is 0 Å². The van der Waals surface area contributed by atoms with Crippen molar-refractivity contribution >= 4 is 6.08 Å². The summed E-state index contributed by atoms with van der Waals surface area (Å²) in [4.78, 5) is 2.58. The van der Waals surface area contributed by atoms with E-state index in [0.29, 0.717) is 0 Å². The molecule has 0 atom stereocenters. The van der Waals surface area contributed by atoms with Crippen LogP contribution in [0, 0.1) is 0 Å². The molecule has 0 unspecified atom stereocenters. The lowest BCUT2D eigenvalue weighted by molar-refractivity contribution is 0.332. The van der Waals surface area contributed by atoms with E-state index in [4.69, 9.17) is 0 Å². The zero-order valence-electron chi connectivity index (χ0n) is 12.1. The number of nitrogens with zero attached hydrogens (tertiary/aromatic N) is 1. The second-order valence-electron chi connectivity index (χ2n) is 5.48. The zero-order valence-corrected chi connectivity index (χ0v) is 12.1. The number of benzene rings is 1. The minimum Gasteiger partial charge on any atom is -0.313 e. The van der Waals surface area contributed by atoms with Gasteiger partial charge in [-0.05, 0) is 57.9 Å². The molecule has 2 heteroatoms. The number of nitrogens with one attached hydrogen (secondary N) is 1. The van der Waals surface area contributed by atoms with Gasteiger partial charge in [0, 0.05) is 6.54 Å². The quantitative estimate of drug-likeness (QED) is 0.756. The summed E-state index contributed by atoms with van der Waals surface area (Å²) >= 11 is 0. The van der Waals surface area contributed by atoms with Crippen LogP contribution in [0.15, 0.2) is 35.9 Å². The van der Waals surface area contributed by atoms with Crippen molar-refractivity contribution in [2.75, 3.05) is 32.7 Å². The van der Waals surface area contributed by atoms with Crippen molar-refractivity contribution in [2.45, 2.75) is 26.2 Å². The number of rotatable bonds is 7. The molecule has 1 saturated heterocycles. The van der Waals surface area contributed by atoms with Gasteiger partial charge in [0.2, 0.25) is 0 Å². The fraction of sp³-hybridized carbons (Fsp3) is 0.529. The Kier molecular flexibility index (Phi) is 6.12. The highest BCUT2D eigenvalue weighted by Crippen LogP contribution is 2.07. The molecule has 1 aliphatic heterocycles. The molecule has 0 spiro atoms. The third kappa shape index (κ3) is 5.58. The maximum atomic E-state index is 3.53. The Balaban J connectivity index is 1.58. The summed E-state index contributed by atoms with van der Waals surface area (Å²) in [6, 6.07) is 10.5. The normalized spacial score (nSPS) is 17.0. The molecule has 0 bridgehead atoms. The Labute approximate surface area is 117 Å². The van der Waals surface area contributed by atoms with Crippen molar-refractivity contribution in [3.8, 4) is 0 Å². The largest absolute Gasteiger partial charge is 0.313 e. The second-order valence-corrected chi connectivity index (χ2v) is 5.48. The van der Waals surface area contributed by atoms with Crippen molar-refractivity contribution in [3.05, 3.63) is 41.5 Å². The summed E-state index contributed by atoms with van der Waals surface area (Å²) in [7, 11) is 0. The third-order valence-electron chi connectivity index (χ3n) is 3.64. The lowest BCUT2D eigenvalue weighted by atomic mass is 10.1. The van der Waals surface area contributed by atoms with Gasteiger partial charge < -0.3 is 10.2 Å². The van der Waals surface area contributed by atoms with Gasteiger partial charge in [-0.25, -0.2) is 0 Å². The van der Waals surface area contributed by atoms with Gasteiger partial charge in [-0.1, -0.05) is 42.0 Å². The molecule has 1 fully saturated rings. The maximum Gasteiger partial charge on any atom is 0.0165 e. The van der Waals surface area contributed by atoms with Gasteiger partial charge >= 0.3 is 0 Å². The molecule has 19 heavy (non-hydrogen) atoms. The predicted octanol–water partition coefficient (Wildman–Crippen LogP) is 3.17. The number of likely N-dealkylation sites (tertiary alicyclic amines) is 1. The SMILES string of the molecule is C/C(=C/c1ccccc1)CNCCCN1CCCC1. The monoisotopic (exact) mass is 258 g/mol. The lowest BCUT2D eigenvalue weighted by Crippen LogP contribution is -2.25. The van der Waals surface area contributed by atoms with Crippen molar-refractivity contribution in [1.29, 1.82) is 0 Å². The fourth-order valence-electron chi connectivity index (χ4n) is 2.60. The fourth-order valence-corrected chi connectivity index (χ4v) is 2.60. The summed E-state index contributed by atoms with van der Waals surface area (Å²) < 4.78 is 0. The van der Waals surface area contributed by atoms with Gasteiger partial charge in [-0.2, -0.15) is 0 Å². The molecule has 2 nitrogen and oxygen atoms in total. The van der Waals surface area contributed by atoms with Gasteiger partial charge in [0.1, 0.15) is 0 Å². The number of hydrogen-bond acceptors (Lipinski definition) is 2. The van der Waals surface area contributed by atoms with Gasteiger partial charge in [0.05, 0.1) is 0 Å². The molecule has 1 N–H and O–H groups in total. The van der Waals surface area contributed by atoms with Crippen LogP contribution in [-0.2, 0) is 0 Å². The minimum atomic E-state index is 0.995. The average molecular weight is 258 g/mol. The van der Waals surface area contributed by atoms with E-state index in [1.165, 1.54) is 50.0 Å². The highest BCUT2D eigenvalue weighted by atomic mass is 15.1. The summed E-state index contributed by atoms with van der Waals surface area (Å²) in [5.41, 5.74) is 2.69. The molecule has 2 rings (SSSR count). The van der Waals surface area contributed by atoms with Gasteiger partial charge in [0.25, 0.3) is 0 Å². The predicted molar refractivity (Wildman–Crippen MR) is 83.3 cm³/mol. The average Bonchev–Trinajstić information content (AvgIpc) is 2.92. The van der Waals surface area contributed by atoms with E-state index in [-0.39, 0.29) is 0 Å². The van der Waals surface area contributed by atoms with Gasteiger partial charge in [-0.15, -0.1) is 0 Å². The number of hydrogen-bond donors (Lipinski definition) is 1. The Morgan fingerprint density at radius 3 is 2.68 bits per heavy atom. The van der Waals surface area contributed by atoms with Crippen LogP contribution >= 0.6 is 0 Å². The summed E-state index contributed by atoms with van der Waals surface area (Å²) in [5, 5.41) is 3.53. The van der Waals surface area contributed by atoms with Crippen molar-refractivity contribution in [1.82, 2.24) is 10.2 Å². The summed E-state index contributed by atoms with van der Waals surface area (Å²) in [5.74, 6) is 0. The molecule has 1 aliphatic rings. The van der Waals surface area contributed by atoms with Crippen molar-refractivity contribution in [2.24, 2.45) is 0 Å². The molecule has 1 heterocycles. The smallest absolute Gasteiger partial charge is 0.0165 e. The highest BCUT2D eigenvalue weighted by Gasteiger charge is 2.09. The first-order valence-electron chi connectivity index (χ1n) is 7.50. The van der Waals surface area contributed by atoms with Crippen LogP contribution < -0.4 is 5.32 Å². The molecule has 0 radical (unpaired) electrons. The Morgan fingerprint density at radius 1 is 1.21 bits per heavy atom. The molecule has 0 amide bonds. The molecule has 0 aliphatic carbocycles. The van der Waals surface area contributed by atoms with E-state index in [2.05, 4.69) is 53.5 Å². The Hall–Kier alpha value is -1.12. The van der Waals surface area contributed by atoms with Crippen LogP contribution in [-0.4, -0.2) is 37.6 Å². The van der Waals surface area contributed by atoms with Crippen LogP contribution in [0.5, 0.6) is 0 Å². The van der Waals surface area contributed by atoms with Gasteiger partial charge in [0.15, 0.2) is 0 Å². The van der Waals surface area contributed by atoms with Crippen LogP contribution in [0.25, 0.3) is 6.08 Å². The molecule has 0 aromatic heterocycles. The Bertz CT molecular complexity index is 378. The van der Waals surface area contributed by atoms with E-state index in [0.717, 1.165) is 13.1 Å². The van der Waals surface area contributed by atoms with E-state index in [1.54, 1.807) is 0 Å². The lowest BCUT2D eigenvalue weighted by Gasteiger charge is -2.14. The van der Waals surface area contributed by atoms with Crippen LogP contribution in [0.4, 0.5) is 0 Å². The zero-order chi connectivity index (χ0) is 13.3. The topological polar surface area (TPSA) is 15.3 Å². The molecular weight excluding hydrogens is 232 g/mol. The van der Waals surface area contributed by atoms with E-state index < -0.39 is 0 Å². The minimum absolute atomic E-state index is 0.995. The van der Waals surface area contributed by atoms with Gasteiger partial charge in [-0.3, -0.25) is 0 Å². The third-order valence-corrected chi connectivity index (χ3v) is 3.64. The van der Waals surface area contributed by atoms with E-state index in [1.807, 2.05) is 0 Å². The molecule has 104 valence electrons. The van der Waals surface area contributed by atoms with E-state index >= 15 is 0 Å². The summed E-state index contributed by atoms with van der Waals surface area (Å²) in [6.45, 7) is 8.19. The van der Waals surface area contributed by atoms with Crippen LogP contribution in [0.2, 0.25) is 0 Å². The first kappa shape index (κ1) is 14.3. The molecule has 1 aromatic carbocycles. The van der Waals surface area contributed by atoms with Crippen LogP contribution in [0.3, 0.4) is 0 Å². The van der Waals surface area contributed by atoms with Crippen molar-refractivity contribution in [3.63, 3.8) is 0 Å². The second kappa shape index (κ2) is 8.13. The molecule has 0 saturated carbocycles. The Morgan fingerprint density at radius 2 is 1.95 bits per heavy atom. The standard InChI is InChI=1S/C17H26N2/c1-16(14-17-8-3-2-4-9-17)15-18-10-7-13-19-11-5-6-12-19/h2-4,8-9,14,18H,5-7,10-13,15H2,1H3/b16-14-. The van der Waals surface area contributed by atoms with Crippen LogP contribution in [0.1, 0.15) is 31.7 Å². The maximum absolute atomic E-state index is 3.53.